The minimum atomic E-state index is -0.0684. The van der Waals surface area contributed by atoms with Crippen molar-refractivity contribution in [2.24, 2.45) is 7.05 Å². The van der Waals surface area contributed by atoms with Gasteiger partial charge in [0.05, 0.1) is 0 Å². The van der Waals surface area contributed by atoms with Crippen LogP contribution >= 0.6 is 0 Å². The number of aromatic nitrogens is 3. The van der Waals surface area contributed by atoms with Gasteiger partial charge in [-0.3, -0.25) is 14.5 Å². The molecule has 0 aromatic carbocycles. The van der Waals surface area contributed by atoms with Gasteiger partial charge in [0.2, 0.25) is 5.78 Å². The molecule has 2 aromatic heterocycles. The van der Waals surface area contributed by atoms with Gasteiger partial charge in [0.15, 0.2) is 0 Å². The molecule has 0 aliphatic heterocycles. The first-order valence-corrected chi connectivity index (χ1v) is 4.64. The van der Waals surface area contributed by atoms with E-state index in [2.05, 4.69) is 10.1 Å². The molecule has 0 aliphatic carbocycles. The largest absolute Gasteiger partial charge is 0.287 e. The fourth-order valence-electron chi connectivity index (χ4n) is 1.37. The van der Waals surface area contributed by atoms with E-state index in [1.54, 1.807) is 42.3 Å². The van der Waals surface area contributed by atoms with Gasteiger partial charge in [-0.2, -0.15) is 5.10 Å². The Morgan fingerprint density at radius 3 is 2.80 bits per heavy atom. The Kier molecular flexibility index (Phi) is 2.33. The average Bonchev–Trinajstić information content (AvgIpc) is 2.64. The fourth-order valence-corrected chi connectivity index (χ4v) is 1.37. The number of hydrogen-bond donors (Lipinski definition) is 0. The van der Waals surface area contributed by atoms with Gasteiger partial charge < -0.3 is 0 Å². The molecule has 0 saturated heterocycles. The van der Waals surface area contributed by atoms with Gasteiger partial charge in [0.1, 0.15) is 5.69 Å². The first-order valence-electron chi connectivity index (χ1n) is 4.64. The van der Waals surface area contributed by atoms with Gasteiger partial charge in [-0.05, 0) is 25.1 Å². The van der Waals surface area contributed by atoms with E-state index < -0.39 is 0 Å². The minimum Gasteiger partial charge on any atom is -0.287 e. The molecule has 0 N–H and O–H groups in total. The molecule has 0 amide bonds. The van der Waals surface area contributed by atoms with Crippen molar-refractivity contribution in [2.45, 2.75) is 6.92 Å². The topological polar surface area (TPSA) is 47.8 Å². The molecule has 0 spiro atoms. The maximum atomic E-state index is 11.9. The molecule has 0 fully saturated rings. The third-order valence-electron chi connectivity index (χ3n) is 2.11. The van der Waals surface area contributed by atoms with Gasteiger partial charge >= 0.3 is 0 Å². The number of rotatable bonds is 2. The molecule has 0 saturated carbocycles. The normalized spacial score (nSPS) is 10.3. The summed E-state index contributed by atoms with van der Waals surface area (Å²) < 4.78 is 1.61. The molecule has 2 aromatic rings. The van der Waals surface area contributed by atoms with E-state index in [4.69, 9.17) is 0 Å². The van der Waals surface area contributed by atoms with Crippen LogP contribution in [-0.4, -0.2) is 20.5 Å². The first kappa shape index (κ1) is 9.58. The molecular weight excluding hydrogens is 190 g/mol. The molecule has 4 heteroatoms. The van der Waals surface area contributed by atoms with E-state index in [1.807, 2.05) is 6.92 Å². The van der Waals surface area contributed by atoms with Crippen LogP contribution in [0.3, 0.4) is 0 Å². The molecule has 76 valence electrons. The summed E-state index contributed by atoms with van der Waals surface area (Å²) in [6.45, 7) is 1.86. The summed E-state index contributed by atoms with van der Waals surface area (Å²) in [6.07, 6.45) is 3.38. The number of hydrogen-bond acceptors (Lipinski definition) is 3. The number of aryl methyl sites for hydroxylation is 2. The van der Waals surface area contributed by atoms with Crippen LogP contribution in [0.5, 0.6) is 0 Å². The molecule has 0 aliphatic rings. The predicted molar refractivity (Wildman–Crippen MR) is 55.6 cm³/mol. The second-order valence-corrected chi connectivity index (χ2v) is 3.39. The van der Waals surface area contributed by atoms with Gasteiger partial charge in [0.25, 0.3) is 0 Å². The van der Waals surface area contributed by atoms with Gasteiger partial charge in [-0.1, -0.05) is 0 Å². The van der Waals surface area contributed by atoms with Crippen LogP contribution in [0.25, 0.3) is 0 Å². The summed E-state index contributed by atoms with van der Waals surface area (Å²) in [4.78, 5) is 16.0. The van der Waals surface area contributed by atoms with E-state index in [0.29, 0.717) is 11.3 Å². The summed E-state index contributed by atoms with van der Waals surface area (Å²) >= 11 is 0. The maximum Gasteiger partial charge on any atom is 0.213 e. The standard InChI is InChI=1S/C11H11N3O/c1-8-7-9(3-5-12-8)11(15)10-4-6-14(2)13-10/h3-7H,1-2H3. The third-order valence-corrected chi connectivity index (χ3v) is 2.11. The highest BCUT2D eigenvalue weighted by atomic mass is 16.1. The van der Waals surface area contributed by atoms with Crippen molar-refractivity contribution in [3.05, 3.63) is 47.5 Å². The molecule has 0 unspecified atom stereocenters. The van der Waals surface area contributed by atoms with E-state index in [9.17, 15) is 4.79 Å². The fraction of sp³-hybridized carbons (Fsp3) is 0.182. The van der Waals surface area contributed by atoms with Crippen LogP contribution in [0.2, 0.25) is 0 Å². The lowest BCUT2D eigenvalue weighted by Crippen LogP contribution is -2.04. The summed E-state index contributed by atoms with van der Waals surface area (Å²) in [5.74, 6) is -0.0684. The number of nitrogens with zero attached hydrogens (tertiary/aromatic N) is 3. The van der Waals surface area contributed by atoms with E-state index in [-0.39, 0.29) is 5.78 Å². The maximum absolute atomic E-state index is 11.9. The van der Waals surface area contributed by atoms with Crippen molar-refractivity contribution >= 4 is 5.78 Å². The Morgan fingerprint density at radius 1 is 1.40 bits per heavy atom. The van der Waals surface area contributed by atoms with Gasteiger partial charge in [0, 0.05) is 30.7 Å². The number of pyridine rings is 1. The Hall–Kier alpha value is -1.97. The smallest absolute Gasteiger partial charge is 0.213 e. The number of carbonyl (C=O) groups excluding carboxylic acids is 1. The Balaban J connectivity index is 2.36. The summed E-state index contributed by atoms with van der Waals surface area (Å²) in [7, 11) is 1.79. The summed E-state index contributed by atoms with van der Waals surface area (Å²) in [5, 5.41) is 4.06. The van der Waals surface area contributed by atoms with Crippen LogP contribution in [-0.2, 0) is 7.05 Å². The van der Waals surface area contributed by atoms with Crippen molar-refractivity contribution in [3.63, 3.8) is 0 Å². The van der Waals surface area contributed by atoms with Gasteiger partial charge in [-0.15, -0.1) is 0 Å². The monoisotopic (exact) mass is 201 g/mol. The lowest BCUT2D eigenvalue weighted by molar-refractivity contribution is 0.103. The zero-order valence-electron chi connectivity index (χ0n) is 8.64. The lowest BCUT2D eigenvalue weighted by Gasteiger charge is -1.98. The van der Waals surface area contributed by atoms with E-state index in [1.165, 1.54) is 0 Å². The van der Waals surface area contributed by atoms with Crippen LogP contribution in [0, 0.1) is 6.92 Å². The zero-order valence-corrected chi connectivity index (χ0v) is 8.64. The molecule has 4 nitrogen and oxygen atoms in total. The third kappa shape index (κ3) is 1.93. The molecule has 0 atom stereocenters. The molecule has 0 radical (unpaired) electrons. The highest BCUT2D eigenvalue weighted by Gasteiger charge is 2.11. The number of carbonyl (C=O) groups is 1. The zero-order chi connectivity index (χ0) is 10.8. The molecule has 2 rings (SSSR count). The second-order valence-electron chi connectivity index (χ2n) is 3.39. The van der Waals surface area contributed by atoms with Crippen LogP contribution < -0.4 is 0 Å². The molecule has 15 heavy (non-hydrogen) atoms. The molecule has 2 heterocycles. The van der Waals surface area contributed by atoms with E-state index in [0.717, 1.165) is 5.69 Å². The highest BCUT2D eigenvalue weighted by molar-refractivity contribution is 6.07. The van der Waals surface area contributed by atoms with Crippen LogP contribution in [0.15, 0.2) is 30.6 Å². The molecular formula is C11H11N3O. The van der Waals surface area contributed by atoms with Crippen LogP contribution in [0.4, 0.5) is 0 Å². The van der Waals surface area contributed by atoms with Gasteiger partial charge in [-0.25, -0.2) is 0 Å². The van der Waals surface area contributed by atoms with Crippen molar-refractivity contribution in [1.82, 2.24) is 14.8 Å². The van der Waals surface area contributed by atoms with Crippen LogP contribution in [0.1, 0.15) is 21.7 Å². The minimum absolute atomic E-state index is 0.0684. The van der Waals surface area contributed by atoms with E-state index >= 15 is 0 Å². The SMILES string of the molecule is Cc1cc(C(=O)c2ccn(C)n2)ccn1. The molecule has 0 bridgehead atoms. The van der Waals surface area contributed by atoms with Crippen molar-refractivity contribution < 1.29 is 4.79 Å². The lowest BCUT2D eigenvalue weighted by atomic mass is 10.1. The van der Waals surface area contributed by atoms with Crippen molar-refractivity contribution in [2.75, 3.05) is 0 Å². The average molecular weight is 201 g/mol. The predicted octanol–water partition coefficient (Wildman–Crippen LogP) is 1.35. The Labute approximate surface area is 87.6 Å². The van der Waals surface area contributed by atoms with Crippen molar-refractivity contribution in [1.29, 1.82) is 0 Å². The Bertz CT molecular complexity index is 502. The first-order chi connectivity index (χ1) is 7.16. The highest BCUT2D eigenvalue weighted by Crippen LogP contribution is 2.07. The quantitative estimate of drug-likeness (QED) is 0.689. The Morgan fingerprint density at radius 2 is 2.20 bits per heavy atom. The van der Waals surface area contributed by atoms with Crippen molar-refractivity contribution in [3.8, 4) is 0 Å². The second kappa shape index (κ2) is 3.65. The number of ketones is 1. The summed E-state index contributed by atoms with van der Waals surface area (Å²) in [6, 6.07) is 5.17. The summed E-state index contributed by atoms with van der Waals surface area (Å²) in [5.41, 5.74) is 1.92.